The molecule has 2 heterocycles. The highest BCUT2D eigenvalue weighted by atomic mass is 32.2. The summed E-state index contributed by atoms with van der Waals surface area (Å²) in [5.41, 5.74) is 0.153. The number of hydrogen-bond acceptors (Lipinski definition) is 7. The Morgan fingerprint density at radius 3 is 2.39 bits per heavy atom. The van der Waals surface area contributed by atoms with Crippen LogP contribution >= 0.6 is 11.8 Å². The summed E-state index contributed by atoms with van der Waals surface area (Å²) in [5.74, 6) is 1.04. The first-order valence-corrected chi connectivity index (χ1v) is 13.3. The van der Waals surface area contributed by atoms with E-state index < -0.39 is 0 Å². The first-order chi connectivity index (χ1) is 15.8. The van der Waals surface area contributed by atoms with Crippen molar-refractivity contribution in [2.45, 2.75) is 75.7 Å². The molecule has 0 bridgehead atoms. The summed E-state index contributed by atoms with van der Waals surface area (Å²) in [4.78, 5) is 23.3. The zero-order valence-corrected chi connectivity index (χ0v) is 21.4. The van der Waals surface area contributed by atoms with Crippen LogP contribution in [-0.2, 0) is 19.0 Å². The zero-order chi connectivity index (χ0) is 23.9. The van der Waals surface area contributed by atoms with Gasteiger partial charge in [-0.25, -0.2) is 4.79 Å². The van der Waals surface area contributed by atoms with Crippen LogP contribution in [-0.4, -0.2) is 93.3 Å². The van der Waals surface area contributed by atoms with Crippen molar-refractivity contribution in [3.05, 3.63) is 0 Å². The smallest absolute Gasteiger partial charge is 0.315 e. The molecule has 33 heavy (non-hydrogen) atoms. The Kier molecular flexibility index (Phi) is 13.5. The summed E-state index contributed by atoms with van der Waals surface area (Å²) >= 11 is 1.91. The second-order valence-corrected chi connectivity index (χ2v) is 10.9. The molecule has 0 radical (unpaired) electrons. The van der Waals surface area contributed by atoms with Gasteiger partial charge in [0.05, 0.1) is 45.1 Å². The third-order valence-corrected chi connectivity index (χ3v) is 7.02. The highest BCUT2D eigenvalue weighted by Gasteiger charge is 2.42. The van der Waals surface area contributed by atoms with Gasteiger partial charge in [0, 0.05) is 36.1 Å². The van der Waals surface area contributed by atoms with E-state index in [2.05, 4.69) is 42.0 Å². The minimum atomic E-state index is -0.0482. The van der Waals surface area contributed by atoms with Crippen LogP contribution in [0.4, 0.5) is 4.79 Å². The average Bonchev–Trinajstić information content (AvgIpc) is 3.30. The average molecular weight is 489 g/mol. The summed E-state index contributed by atoms with van der Waals surface area (Å²) in [7, 11) is 0. The molecule has 9 nitrogen and oxygen atoms in total. The lowest BCUT2D eigenvalue weighted by Crippen LogP contribution is -2.36. The molecule has 3 atom stereocenters. The van der Waals surface area contributed by atoms with E-state index in [1.54, 1.807) is 0 Å². The zero-order valence-electron chi connectivity index (χ0n) is 20.6. The van der Waals surface area contributed by atoms with Crippen molar-refractivity contribution in [3.8, 4) is 0 Å². The maximum absolute atomic E-state index is 11.9. The molecule has 0 aliphatic carbocycles. The summed E-state index contributed by atoms with van der Waals surface area (Å²) < 4.78 is 16.5. The van der Waals surface area contributed by atoms with Crippen molar-refractivity contribution in [1.82, 2.24) is 21.3 Å². The predicted octanol–water partition coefficient (Wildman–Crippen LogP) is 1.66. The minimum absolute atomic E-state index is 0.0482. The van der Waals surface area contributed by atoms with E-state index in [0.29, 0.717) is 51.2 Å². The number of ether oxygens (including phenoxy) is 3. The first-order valence-electron chi connectivity index (χ1n) is 12.3. The van der Waals surface area contributed by atoms with E-state index >= 15 is 0 Å². The monoisotopic (exact) mass is 488 g/mol. The third-order valence-electron chi connectivity index (χ3n) is 5.51. The van der Waals surface area contributed by atoms with Crippen molar-refractivity contribution in [3.63, 3.8) is 0 Å². The minimum Gasteiger partial charge on any atom is -0.379 e. The molecule has 0 saturated carbocycles. The predicted molar refractivity (Wildman–Crippen MR) is 132 cm³/mol. The number of thioether (sulfide) groups is 1. The third kappa shape index (κ3) is 12.8. The van der Waals surface area contributed by atoms with Crippen molar-refractivity contribution in [2.24, 2.45) is 0 Å². The number of amides is 3. The number of nitrogens with one attached hydrogen (secondary N) is 4. The fourth-order valence-electron chi connectivity index (χ4n) is 3.80. The maximum Gasteiger partial charge on any atom is 0.315 e. The second-order valence-electron chi connectivity index (χ2n) is 9.59. The largest absolute Gasteiger partial charge is 0.379 e. The Hall–Kier alpha value is -1.07. The lowest BCUT2D eigenvalue weighted by molar-refractivity contribution is -0.121. The molecule has 0 aromatic heterocycles. The van der Waals surface area contributed by atoms with Gasteiger partial charge in [-0.1, -0.05) is 6.42 Å². The fourth-order valence-corrected chi connectivity index (χ4v) is 5.35. The fraction of sp³-hybridized carbons (Fsp3) is 0.913. The van der Waals surface area contributed by atoms with Crippen molar-refractivity contribution in [1.29, 1.82) is 0 Å². The first kappa shape index (κ1) is 28.2. The lowest BCUT2D eigenvalue weighted by atomic mass is 10.0. The SMILES string of the molecule is CC(C)(C)NCCCOCCOCCOCCNC(=O)CCCCC1SCC2NC(=O)NC21. The van der Waals surface area contributed by atoms with Crippen LogP contribution < -0.4 is 21.3 Å². The molecule has 3 unspecified atom stereocenters. The summed E-state index contributed by atoms with van der Waals surface area (Å²) in [6.45, 7) is 11.4. The topological polar surface area (TPSA) is 110 Å². The van der Waals surface area contributed by atoms with Gasteiger partial charge < -0.3 is 35.5 Å². The van der Waals surface area contributed by atoms with Gasteiger partial charge in [-0.2, -0.15) is 11.8 Å². The molecule has 0 aromatic carbocycles. The Balaban J connectivity index is 1.29. The van der Waals surface area contributed by atoms with Gasteiger partial charge in [0.1, 0.15) is 0 Å². The number of carbonyl (C=O) groups excluding carboxylic acids is 2. The molecular weight excluding hydrogens is 444 g/mol. The normalized spacial score (nSPS) is 22.2. The van der Waals surface area contributed by atoms with Crippen LogP contribution in [0.1, 0.15) is 52.9 Å². The molecule has 10 heteroatoms. The Bertz CT molecular complexity index is 576. The van der Waals surface area contributed by atoms with Crippen molar-refractivity contribution >= 4 is 23.7 Å². The molecular formula is C23H44N4O5S. The summed E-state index contributed by atoms with van der Waals surface area (Å²) in [6.07, 6.45) is 4.42. The van der Waals surface area contributed by atoms with Crippen LogP contribution in [0.5, 0.6) is 0 Å². The van der Waals surface area contributed by atoms with E-state index in [4.69, 9.17) is 14.2 Å². The molecule has 4 N–H and O–H groups in total. The molecule has 3 amide bonds. The van der Waals surface area contributed by atoms with E-state index in [-0.39, 0.29) is 29.6 Å². The summed E-state index contributed by atoms with van der Waals surface area (Å²) in [5, 5.41) is 12.7. The highest BCUT2D eigenvalue weighted by Crippen LogP contribution is 2.33. The van der Waals surface area contributed by atoms with E-state index in [0.717, 1.165) is 44.6 Å². The van der Waals surface area contributed by atoms with E-state index in [1.807, 2.05) is 11.8 Å². The quantitative estimate of drug-likeness (QED) is 0.172. The van der Waals surface area contributed by atoms with Gasteiger partial charge in [-0.3, -0.25) is 4.79 Å². The molecule has 2 rings (SSSR count). The Labute approximate surface area is 203 Å². The number of urea groups is 1. The van der Waals surface area contributed by atoms with Crippen molar-refractivity contribution in [2.75, 3.05) is 58.5 Å². The number of hydrogen-bond donors (Lipinski definition) is 4. The Morgan fingerprint density at radius 1 is 0.970 bits per heavy atom. The van der Waals surface area contributed by atoms with Gasteiger partial charge in [0.2, 0.25) is 5.91 Å². The number of fused-ring (bicyclic) bond motifs is 1. The van der Waals surface area contributed by atoms with Crippen LogP contribution in [0.15, 0.2) is 0 Å². The standard InChI is InChI=1S/C23H44N4O5S/c1-23(2,3)25-9-6-11-30-13-15-32-16-14-31-12-10-24-20(28)8-5-4-7-19-21-18(17-33-19)26-22(29)27-21/h18-19,21,25H,4-17H2,1-3H3,(H,24,28)(H2,26,27,29). The van der Waals surface area contributed by atoms with Gasteiger partial charge in [0.25, 0.3) is 0 Å². The maximum atomic E-state index is 11.9. The van der Waals surface area contributed by atoms with Gasteiger partial charge in [0.15, 0.2) is 0 Å². The van der Waals surface area contributed by atoms with Gasteiger partial charge in [-0.05, 0) is 46.6 Å². The Morgan fingerprint density at radius 2 is 1.67 bits per heavy atom. The van der Waals surface area contributed by atoms with E-state index in [9.17, 15) is 9.59 Å². The van der Waals surface area contributed by atoms with Crippen LogP contribution in [0.3, 0.4) is 0 Å². The lowest BCUT2D eigenvalue weighted by Gasteiger charge is -2.20. The number of carbonyl (C=O) groups is 2. The molecule has 0 spiro atoms. The van der Waals surface area contributed by atoms with Crippen molar-refractivity contribution < 1.29 is 23.8 Å². The van der Waals surface area contributed by atoms with Crippen LogP contribution in [0.2, 0.25) is 0 Å². The molecule has 2 saturated heterocycles. The second kappa shape index (κ2) is 15.8. The highest BCUT2D eigenvalue weighted by molar-refractivity contribution is 8.00. The van der Waals surface area contributed by atoms with E-state index in [1.165, 1.54) is 0 Å². The van der Waals surface area contributed by atoms with Gasteiger partial charge in [-0.15, -0.1) is 0 Å². The molecule has 2 fully saturated rings. The summed E-state index contributed by atoms with van der Waals surface area (Å²) in [6, 6.07) is 0.458. The van der Waals surface area contributed by atoms with Gasteiger partial charge >= 0.3 is 6.03 Å². The molecule has 2 aliphatic heterocycles. The molecule has 0 aromatic rings. The number of rotatable bonds is 18. The van der Waals surface area contributed by atoms with Crippen LogP contribution in [0.25, 0.3) is 0 Å². The van der Waals surface area contributed by atoms with Crippen LogP contribution in [0, 0.1) is 0 Å². The molecule has 192 valence electrons. The number of unbranched alkanes of at least 4 members (excludes halogenated alkanes) is 1. The molecule has 2 aliphatic rings.